The maximum atomic E-state index is 12.4. The van der Waals surface area contributed by atoms with Gasteiger partial charge in [-0.05, 0) is 18.6 Å². The van der Waals surface area contributed by atoms with E-state index in [1.165, 1.54) is 23.1 Å². The minimum absolute atomic E-state index is 0.0214. The van der Waals surface area contributed by atoms with Crippen LogP contribution < -0.4 is 11.0 Å². The van der Waals surface area contributed by atoms with Gasteiger partial charge in [0.2, 0.25) is 5.91 Å². The second kappa shape index (κ2) is 8.68. The molecule has 0 saturated heterocycles. The first kappa shape index (κ1) is 20.4. The molecule has 2 aromatic heterocycles. The van der Waals surface area contributed by atoms with Gasteiger partial charge in [0.1, 0.15) is 0 Å². The van der Waals surface area contributed by atoms with Crippen LogP contribution in [0.5, 0.6) is 0 Å². The van der Waals surface area contributed by atoms with Gasteiger partial charge < -0.3 is 5.32 Å². The van der Waals surface area contributed by atoms with Crippen LogP contribution in [0.3, 0.4) is 0 Å². The molecule has 0 spiro atoms. The molecule has 0 saturated carbocycles. The second-order valence-corrected chi connectivity index (χ2v) is 8.98. The zero-order chi connectivity index (χ0) is 19.3. The van der Waals surface area contributed by atoms with Crippen molar-refractivity contribution in [2.75, 3.05) is 5.75 Å². The van der Waals surface area contributed by atoms with E-state index in [0.29, 0.717) is 23.1 Å². The monoisotopic (exact) mass is 396 g/mol. The standard InChI is InChI=1S/C17H24N4O3S2/c1-5-8-21-15(24)19-20-16(21)25-10-12(22)13-7-6-11(26-13)9-18-14(23)17(2,3)4/h6-7H,5,8-10H2,1-4H3,(H,18,23)(H,19,24). The summed E-state index contributed by atoms with van der Waals surface area (Å²) < 4.78 is 1.54. The van der Waals surface area contributed by atoms with Gasteiger partial charge in [-0.2, -0.15) is 0 Å². The smallest absolute Gasteiger partial charge is 0.343 e. The lowest BCUT2D eigenvalue weighted by Gasteiger charge is -2.17. The van der Waals surface area contributed by atoms with Gasteiger partial charge in [-0.1, -0.05) is 39.5 Å². The Hall–Kier alpha value is -1.87. The molecule has 9 heteroatoms. The van der Waals surface area contributed by atoms with Crippen molar-refractivity contribution in [2.24, 2.45) is 5.41 Å². The van der Waals surface area contributed by atoms with Crippen LogP contribution in [0.25, 0.3) is 0 Å². The Bertz CT molecular complexity index is 830. The van der Waals surface area contributed by atoms with E-state index in [0.717, 1.165) is 11.3 Å². The molecular formula is C17H24N4O3S2. The molecular weight excluding hydrogens is 372 g/mol. The number of nitrogens with one attached hydrogen (secondary N) is 2. The maximum absolute atomic E-state index is 12.4. The van der Waals surface area contributed by atoms with E-state index in [9.17, 15) is 14.4 Å². The molecule has 0 unspecified atom stereocenters. The fraction of sp³-hybridized carbons (Fsp3) is 0.529. The third-order valence-corrected chi connectivity index (χ3v) is 5.65. The second-order valence-electron chi connectivity index (χ2n) is 6.87. The van der Waals surface area contributed by atoms with Gasteiger partial charge in [0.15, 0.2) is 10.9 Å². The number of aromatic nitrogens is 3. The van der Waals surface area contributed by atoms with E-state index < -0.39 is 5.41 Å². The molecule has 0 aliphatic carbocycles. The first-order chi connectivity index (χ1) is 12.2. The zero-order valence-corrected chi connectivity index (χ0v) is 17.1. The van der Waals surface area contributed by atoms with Gasteiger partial charge in [-0.3, -0.25) is 14.2 Å². The Morgan fingerprint density at radius 2 is 2.08 bits per heavy atom. The number of carbonyl (C=O) groups is 2. The first-order valence-electron chi connectivity index (χ1n) is 8.40. The van der Waals surface area contributed by atoms with Crippen LogP contribution in [-0.4, -0.2) is 32.2 Å². The van der Waals surface area contributed by atoms with Crippen LogP contribution in [0.4, 0.5) is 0 Å². The van der Waals surface area contributed by atoms with Crippen LogP contribution in [0.15, 0.2) is 22.1 Å². The summed E-state index contributed by atoms with van der Waals surface area (Å²) in [6, 6.07) is 3.63. The van der Waals surface area contributed by atoms with Crippen molar-refractivity contribution < 1.29 is 9.59 Å². The molecule has 7 nitrogen and oxygen atoms in total. The first-order valence-corrected chi connectivity index (χ1v) is 10.2. The van der Waals surface area contributed by atoms with Crippen LogP contribution >= 0.6 is 23.1 Å². The van der Waals surface area contributed by atoms with Crippen molar-refractivity contribution in [1.82, 2.24) is 20.1 Å². The average Bonchev–Trinajstić information content (AvgIpc) is 3.18. The third kappa shape index (κ3) is 5.31. The molecule has 0 fully saturated rings. The number of H-pyrrole nitrogens is 1. The number of amides is 1. The van der Waals surface area contributed by atoms with Crippen LogP contribution in [0.1, 0.15) is 48.7 Å². The molecule has 0 radical (unpaired) electrons. The maximum Gasteiger partial charge on any atom is 0.343 e. The summed E-state index contributed by atoms with van der Waals surface area (Å²) >= 11 is 2.62. The van der Waals surface area contributed by atoms with Crippen molar-refractivity contribution in [3.8, 4) is 0 Å². The Kier molecular flexibility index (Phi) is 6.82. The van der Waals surface area contributed by atoms with Crippen molar-refractivity contribution >= 4 is 34.8 Å². The number of hydrogen-bond acceptors (Lipinski definition) is 6. The summed E-state index contributed by atoms with van der Waals surface area (Å²) in [6.45, 7) is 8.53. The quantitative estimate of drug-likeness (QED) is 0.528. The van der Waals surface area contributed by atoms with Gasteiger partial charge in [0.05, 0.1) is 17.2 Å². The predicted molar refractivity (Wildman–Crippen MR) is 104 cm³/mol. The summed E-state index contributed by atoms with van der Waals surface area (Å²) in [5.41, 5.74) is -0.695. The number of aromatic amines is 1. The highest BCUT2D eigenvalue weighted by atomic mass is 32.2. The number of thioether (sulfide) groups is 1. The lowest BCUT2D eigenvalue weighted by atomic mass is 9.96. The van der Waals surface area contributed by atoms with Gasteiger partial charge in [-0.15, -0.1) is 16.4 Å². The Labute approximate surface area is 160 Å². The van der Waals surface area contributed by atoms with Crippen molar-refractivity contribution in [3.05, 3.63) is 32.4 Å². The predicted octanol–water partition coefficient (Wildman–Crippen LogP) is 2.68. The lowest BCUT2D eigenvalue weighted by molar-refractivity contribution is -0.128. The number of nitrogens with zero attached hydrogens (tertiary/aromatic N) is 2. The van der Waals surface area contributed by atoms with E-state index in [2.05, 4.69) is 15.5 Å². The molecule has 2 aromatic rings. The summed E-state index contributed by atoms with van der Waals surface area (Å²) in [7, 11) is 0. The summed E-state index contributed by atoms with van der Waals surface area (Å²) in [4.78, 5) is 37.5. The van der Waals surface area contributed by atoms with E-state index in [1.54, 1.807) is 10.6 Å². The topological polar surface area (TPSA) is 96.8 Å². The van der Waals surface area contributed by atoms with Crippen molar-refractivity contribution in [1.29, 1.82) is 0 Å². The molecule has 0 aliphatic heterocycles. The average molecular weight is 397 g/mol. The summed E-state index contributed by atoms with van der Waals surface area (Å²) in [6.07, 6.45) is 0.815. The van der Waals surface area contributed by atoms with Gasteiger partial charge in [-0.25, -0.2) is 9.89 Å². The number of ketones is 1. The molecule has 1 amide bonds. The SMILES string of the molecule is CCCn1c(SCC(=O)c2ccc(CNC(=O)C(C)(C)C)s2)n[nH]c1=O. The molecule has 0 bridgehead atoms. The Morgan fingerprint density at radius 3 is 2.73 bits per heavy atom. The van der Waals surface area contributed by atoms with Gasteiger partial charge in [0, 0.05) is 16.8 Å². The number of carbonyl (C=O) groups excluding carboxylic acids is 2. The molecule has 0 atom stereocenters. The van der Waals surface area contributed by atoms with E-state index in [-0.39, 0.29) is 23.1 Å². The van der Waals surface area contributed by atoms with Crippen LogP contribution in [0, 0.1) is 5.41 Å². The summed E-state index contributed by atoms with van der Waals surface area (Å²) in [5.74, 6) is 0.163. The van der Waals surface area contributed by atoms with Gasteiger partial charge in [0.25, 0.3) is 0 Å². The van der Waals surface area contributed by atoms with E-state index >= 15 is 0 Å². The minimum Gasteiger partial charge on any atom is -0.351 e. The van der Waals surface area contributed by atoms with Gasteiger partial charge >= 0.3 is 5.69 Å². The molecule has 0 aliphatic rings. The largest absolute Gasteiger partial charge is 0.351 e. The molecule has 2 N–H and O–H groups in total. The Morgan fingerprint density at radius 1 is 1.35 bits per heavy atom. The van der Waals surface area contributed by atoms with Crippen LogP contribution in [0.2, 0.25) is 0 Å². The molecule has 26 heavy (non-hydrogen) atoms. The van der Waals surface area contributed by atoms with Crippen molar-refractivity contribution in [2.45, 2.75) is 52.4 Å². The highest BCUT2D eigenvalue weighted by Crippen LogP contribution is 2.22. The van der Waals surface area contributed by atoms with Crippen LogP contribution in [-0.2, 0) is 17.9 Å². The number of Topliss-reactive ketones (excluding diaryl/α,β-unsaturated/α-hetero) is 1. The molecule has 2 rings (SSSR count). The molecule has 2 heterocycles. The highest BCUT2D eigenvalue weighted by Gasteiger charge is 2.21. The van der Waals surface area contributed by atoms with E-state index in [4.69, 9.17) is 0 Å². The number of rotatable bonds is 8. The minimum atomic E-state index is -0.440. The Balaban J connectivity index is 1.92. The fourth-order valence-corrected chi connectivity index (χ4v) is 3.92. The molecule has 142 valence electrons. The lowest BCUT2D eigenvalue weighted by Crippen LogP contribution is -2.34. The number of thiophene rings is 1. The van der Waals surface area contributed by atoms with E-state index in [1.807, 2.05) is 33.8 Å². The normalized spacial score (nSPS) is 11.5. The summed E-state index contributed by atoms with van der Waals surface area (Å²) in [5, 5.41) is 9.79. The fourth-order valence-electron chi connectivity index (χ4n) is 2.09. The molecule has 0 aromatic carbocycles. The number of hydrogen-bond donors (Lipinski definition) is 2. The zero-order valence-electron chi connectivity index (χ0n) is 15.4. The third-order valence-electron chi connectivity index (χ3n) is 3.54. The van der Waals surface area contributed by atoms with Crippen molar-refractivity contribution in [3.63, 3.8) is 0 Å². The highest BCUT2D eigenvalue weighted by molar-refractivity contribution is 7.99.